The van der Waals surface area contributed by atoms with E-state index >= 15 is 0 Å². The molecule has 0 atom stereocenters. The van der Waals surface area contributed by atoms with Crippen LogP contribution in [0.15, 0.2) is 0 Å². The van der Waals surface area contributed by atoms with Crippen molar-refractivity contribution < 1.29 is 28.5 Å². The van der Waals surface area contributed by atoms with Crippen LogP contribution in [-0.4, -0.2) is 68.9 Å². The lowest BCUT2D eigenvalue weighted by Gasteiger charge is -2.19. The Labute approximate surface area is 140 Å². The molecule has 0 rings (SSSR count). The fourth-order valence-electron chi connectivity index (χ4n) is 1.24. The van der Waals surface area contributed by atoms with E-state index in [4.69, 9.17) is 23.7 Å². The summed E-state index contributed by atoms with van der Waals surface area (Å²) < 4.78 is 27.1. The molecule has 0 heterocycles. The van der Waals surface area contributed by atoms with Gasteiger partial charge in [0.2, 0.25) is 0 Å². The Balaban J connectivity index is 3.17. The monoisotopic (exact) mass is 418 g/mol. The molecule has 0 unspecified atom stereocenters. The molecule has 0 N–H and O–H groups in total. The highest BCUT2D eigenvalue weighted by Crippen LogP contribution is 2.06. The summed E-state index contributed by atoms with van der Waals surface area (Å²) >= 11 is 2.26. The fourth-order valence-corrected chi connectivity index (χ4v) is 1.55. The first-order chi connectivity index (χ1) is 9.95. The summed E-state index contributed by atoms with van der Waals surface area (Å²) in [6.45, 7) is 9.18. The number of alkyl halides is 1. The predicted octanol–water partition coefficient (Wildman–Crippen LogP) is 1.83. The largest absolute Gasteiger partial charge is 0.458 e. The van der Waals surface area contributed by atoms with E-state index in [9.17, 15) is 4.79 Å². The van der Waals surface area contributed by atoms with Gasteiger partial charge in [-0.05, 0) is 20.8 Å². The molecule has 0 saturated carbocycles. The molecule has 7 heteroatoms. The molecule has 6 nitrogen and oxygen atoms in total. The lowest BCUT2D eigenvalue weighted by atomic mass is 10.2. The molecular formula is C14H27IO6. The van der Waals surface area contributed by atoms with Gasteiger partial charge in [0.1, 0.15) is 12.2 Å². The number of rotatable bonds is 13. The molecule has 0 aromatic carbocycles. The normalized spacial score (nSPS) is 11.6. The zero-order chi connectivity index (χ0) is 16.0. The van der Waals surface area contributed by atoms with Crippen molar-refractivity contribution in [3.63, 3.8) is 0 Å². The van der Waals surface area contributed by atoms with E-state index in [1.165, 1.54) is 0 Å². The number of esters is 1. The molecule has 0 aromatic heterocycles. The van der Waals surface area contributed by atoms with E-state index < -0.39 is 5.60 Å². The van der Waals surface area contributed by atoms with Crippen molar-refractivity contribution in [2.45, 2.75) is 26.4 Å². The van der Waals surface area contributed by atoms with Crippen LogP contribution in [0.5, 0.6) is 0 Å². The molecule has 0 bridgehead atoms. The number of hydrogen-bond acceptors (Lipinski definition) is 6. The van der Waals surface area contributed by atoms with Crippen molar-refractivity contribution in [2.75, 3.05) is 57.3 Å². The minimum Gasteiger partial charge on any atom is -0.458 e. The van der Waals surface area contributed by atoms with Crippen LogP contribution in [0.1, 0.15) is 20.8 Å². The molecular weight excluding hydrogens is 391 g/mol. The van der Waals surface area contributed by atoms with Gasteiger partial charge in [-0.1, -0.05) is 22.6 Å². The van der Waals surface area contributed by atoms with Gasteiger partial charge in [0, 0.05) is 4.43 Å². The Hall–Kier alpha value is 0.0400. The van der Waals surface area contributed by atoms with Crippen LogP contribution in [0.2, 0.25) is 0 Å². The third-order valence-electron chi connectivity index (χ3n) is 1.98. The molecule has 0 amide bonds. The third kappa shape index (κ3) is 18.0. The second-order valence-electron chi connectivity index (χ2n) is 5.17. The Kier molecular flexibility index (Phi) is 13.7. The average Bonchev–Trinajstić information content (AvgIpc) is 2.38. The number of halogens is 1. The van der Waals surface area contributed by atoms with Gasteiger partial charge in [0.15, 0.2) is 0 Å². The Morgan fingerprint density at radius 3 is 1.67 bits per heavy atom. The SMILES string of the molecule is CC(C)(C)OC(=O)COCCOCCOCCOCCI. The predicted molar refractivity (Wildman–Crippen MR) is 88.0 cm³/mol. The van der Waals surface area contributed by atoms with Gasteiger partial charge in [-0.25, -0.2) is 4.79 Å². The standard InChI is InChI=1S/C14H27IO6/c1-14(2,3)21-13(16)12-20-11-10-19-9-8-18-7-6-17-5-4-15/h4-12H2,1-3H3. The molecule has 0 radical (unpaired) electrons. The van der Waals surface area contributed by atoms with Crippen molar-refractivity contribution in [2.24, 2.45) is 0 Å². The first-order valence-electron chi connectivity index (χ1n) is 7.04. The van der Waals surface area contributed by atoms with Crippen molar-refractivity contribution in [3.05, 3.63) is 0 Å². The number of carbonyl (C=O) groups excluding carboxylic acids is 1. The van der Waals surface area contributed by atoms with Gasteiger partial charge >= 0.3 is 5.97 Å². The molecule has 126 valence electrons. The Bertz CT molecular complexity index is 254. The smallest absolute Gasteiger partial charge is 0.332 e. The lowest BCUT2D eigenvalue weighted by molar-refractivity contribution is -0.160. The van der Waals surface area contributed by atoms with E-state index in [0.29, 0.717) is 39.6 Å². The molecule has 21 heavy (non-hydrogen) atoms. The Morgan fingerprint density at radius 1 is 0.810 bits per heavy atom. The highest BCUT2D eigenvalue weighted by atomic mass is 127. The van der Waals surface area contributed by atoms with E-state index in [1.807, 2.05) is 20.8 Å². The summed E-state index contributed by atoms with van der Waals surface area (Å²) in [5.41, 5.74) is -0.477. The summed E-state index contributed by atoms with van der Waals surface area (Å²) in [4.78, 5) is 11.3. The molecule has 0 aliphatic heterocycles. The van der Waals surface area contributed by atoms with E-state index in [2.05, 4.69) is 22.6 Å². The maximum absolute atomic E-state index is 11.3. The van der Waals surface area contributed by atoms with Gasteiger partial charge in [-0.15, -0.1) is 0 Å². The fraction of sp³-hybridized carbons (Fsp3) is 0.929. The zero-order valence-corrected chi connectivity index (χ0v) is 15.3. The van der Waals surface area contributed by atoms with Crippen molar-refractivity contribution in [1.29, 1.82) is 0 Å². The van der Waals surface area contributed by atoms with E-state index in [0.717, 1.165) is 11.0 Å². The van der Waals surface area contributed by atoms with E-state index in [1.54, 1.807) is 0 Å². The number of carbonyl (C=O) groups is 1. The first kappa shape index (κ1) is 21.0. The van der Waals surface area contributed by atoms with Gasteiger partial charge in [0.05, 0.1) is 46.2 Å². The van der Waals surface area contributed by atoms with Crippen LogP contribution in [0.25, 0.3) is 0 Å². The maximum Gasteiger partial charge on any atom is 0.332 e. The molecule has 0 saturated heterocycles. The number of hydrogen-bond donors (Lipinski definition) is 0. The molecule has 0 aliphatic rings. The molecule has 0 aromatic rings. The Morgan fingerprint density at radius 2 is 1.24 bits per heavy atom. The summed E-state index contributed by atoms with van der Waals surface area (Å²) in [7, 11) is 0. The van der Waals surface area contributed by atoms with Crippen LogP contribution < -0.4 is 0 Å². The summed E-state index contributed by atoms with van der Waals surface area (Å²) in [6, 6.07) is 0. The minimum atomic E-state index is -0.477. The second kappa shape index (κ2) is 13.7. The summed E-state index contributed by atoms with van der Waals surface area (Å²) in [6.07, 6.45) is 0. The van der Waals surface area contributed by atoms with Gasteiger partial charge in [-0.2, -0.15) is 0 Å². The van der Waals surface area contributed by atoms with Crippen molar-refractivity contribution >= 4 is 28.6 Å². The van der Waals surface area contributed by atoms with Gasteiger partial charge in [0.25, 0.3) is 0 Å². The topological polar surface area (TPSA) is 63.2 Å². The van der Waals surface area contributed by atoms with Crippen molar-refractivity contribution in [1.82, 2.24) is 0 Å². The quantitative estimate of drug-likeness (QED) is 0.197. The van der Waals surface area contributed by atoms with Gasteiger partial charge in [-0.3, -0.25) is 0 Å². The maximum atomic E-state index is 11.3. The summed E-state index contributed by atoms with van der Waals surface area (Å²) in [5, 5.41) is 0. The van der Waals surface area contributed by atoms with Crippen LogP contribution in [-0.2, 0) is 28.5 Å². The molecule has 0 aliphatic carbocycles. The third-order valence-corrected chi connectivity index (χ3v) is 2.42. The van der Waals surface area contributed by atoms with Crippen molar-refractivity contribution in [3.8, 4) is 0 Å². The highest BCUT2D eigenvalue weighted by Gasteiger charge is 2.15. The van der Waals surface area contributed by atoms with Crippen LogP contribution >= 0.6 is 22.6 Å². The molecule has 0 fully saturated rings. The van der Waals surface area contributed by atoms with E-state index in [-0.39, 0.29) is 12.6 Å². The highest BCUT2D eigenvalue weighted by molar-refractivity contribution is 14.1. The van der Waals surface area contributed by atoms with Crippen LogP contribution in [0.4, 0.5) is 0 Å². The van der Waals surface area contributed by atoms with Crippen LogP contribution in [0.3, 0.4) is 0 Å². The zero-order valence-electron chi connectivity index (χ0n) is 13.2. The second-order valence-corrected chi connectivity index (χ2v) is 6.24. The van der Waals surface area contributed by atoms with Crippen LogP contribution in [0, 0.1) is 0 Å². The average molecular weight is 418 g/mol. The number of ether oxygens (including phenoxy) is 5. The molecule has 0 spiro atoms. The first-order valence-corrected chi connectivity index (χ1v) is 8.57. The minimum absolute atomic E-state index is 0.0503. The lowest BCUT2D eigenvalue weighted by Crippen LogP contribution is -2.27. The summed E-state index contributed by atoms with van der Waals surface area (Å²) in [5.74, 6) is -0.364. The van der Waals surface area contributed by atoms with Gasteiger partial charge < -0.3 is 23.7 Å².